The van der Waals surface area contributed by atoms with Gasteiger partial charge in [0.15, 0.2) is 12.0 Å². The number of rotatable bonds is 1. The second-order valence-electron chi connectivity index (χ2n) is 1.76. The maximum absolute atomic E-state index is 10.6. The lowest BCUT2D eigenvalue weighted by molar-refractivity contribution is 0.111. The van der Waals surface area contributed by atoms with E-state index >= 15 is 0 Å². The number of H-pyrrole nitrogens is 1. The Labute approximate surface area is 56.1 Å². The second kappa shape index (κ2) is 2.34. The zero-order valence-electron chi connectivity index (χ0n) is 5.00. The zero-order chi connectivity index (χ0) is 7.56. The van der Waals surface area contributed by atoms with Crippen LogP contribution in [0.25, 0.3) is 0 Å². The van der Waals surface area contributed by atoms with E-state index in [1.807, 2.05) is 0 Å². The van der Waals surface area contributed by atoms with E-state index in [0.717, 1.165) is 12.3 Å². The zero-order valence-corrected chi connectivity index (χ0v) is 5.00. The van der Waals surface area contributed by atoms with Crippen molar-refractivity contribution in [2.24, 2.45) is 0 Å². The Kier molecular flexibility index (Phi) is 1.53. The number of hydrogen-bond acceptors (Lipinski definition) is 3. The quantitative estimate of drug-likeness (QED) is 0.533. The van der Waals surface area contributed by atoms with E-state index < -0.39 is 5.43 Å². The molecule has 0 aliphatic carbocycles. The Balaban J connectivity index is 3.30. The molecule has 0 amide bonds. The molecule has 1 aromatic heterocycles. The van der Waals surface area contributed by atoms with Crippen LogP contribution in [0.1, 0.15) is 10.5 Å². The number of hydrogen-bond donors (Lipinski definition) is 2. The molecule has 4 nitrogen and oxygen atoms in total. The number of nitrogens with one attached hydrogen (secondary N) is 1. The molecule has 52 valence electrons. The van der Waals surface area contributed by atoms with Crippen molar-refractivity contribution < 1.29 is 9.90 Å². The van der Waals surface area contributed by atoms with E-state index in [1.54, 1.807) is 0 Å². The van der Waals surface area contributed by atoms with E-state index in [-0.39, 0.29) is 11.4 Å². The van der Waals surface area contributed by atoms with Gasteiger partial charge in [-0.1, -0.05) is 0 Å². The van der Waals surface area contributed by atoms with Crippen LogP contribution >= 0.6 is 0 Å². The van der Waals surface area contributed by atoms with E-state index in [1.165, 1.54) is 0 Å². The summed E-state index contributed by atoms with van der Waals surface area (Å²) in [5.41, 5.74) is -0.399. The number of aldehydes is 1. The molecule has 0 spiro atoms. The normalized spacial score (nSPS) is 9.20. The fourth-order valence-electron chi connectivity index (χ4n) is 0.548. The third kappa shape index (κ3) is 1.05. The van der Waals surface area contributed by atoms with Crippen molar-refractivity contribution in [1.82, 2.24) is 4.98 Å². The number of carbonyl (C=O) groups excluding carboxylic acids is 1. The lowest BCUT2D eigenvalue weighted by atomic mass is 10.3. The highest BCUT2D eigenvalue weighted by Gasteiger charge is 1.95. The van der Waals surface area contributed by atoms with Crippen molar-refractivity contribution in [2.45, 2.75) is 0 Å². The Morgan fingerprint density at radius 1 is 1.60 bits per heavy atom. The van der Waals surface area contributed by atoms with Crippen molar-refractivity contribution >= 4 is 6.29 Å². The van der Waals surface area contributed by atoms with E-state index in [0.29, 0.717) is 6.29 Å². The summed E-state index contributed by atoms with van der Waals surface area (Å²) in [6.45, 7) is 0. The summed E-state index contributed by atoms with van der Waals surface area (Å²) in [5, 5.41) is 8.68. The van der Waals surface area contributed by atoms with Crippen molar-refractivity contribution in [3.05, 3.63) is 28.2 Å². The minimum absolute atomic E-state index is 0.155. The van der Waals surface area contributed by atoms with Crippen LogP contribution in [-0.4, -0.2) is 16.4 Å². The molecule has 1 heterocycles. The summed E-state index contributed by atoms with van der Waals surface area (Å²) in [6.07, 6.45) is 1.58. The molecule has 0 aliphatic rings. The summed E-state index contributed by atoms with van der Waals surface area (Å²) < 4.78 is 0. The number of pyridine rings is 1. The average Bonchev–Trinajstić information content (AvgIpc) is 1.95. The van der Waals surface area contributed by atoms with Gasteiger partial charge < -0.3 is 10.1 Å². The molecular formula is C6H5NO3. The van der Waals surface area contributed by atoms with E-state index in [4.69, 9.17) is 5.11 Å². The topological polar surface area (TPSA) is 70.2 Å². The van der Waals surface area contributed by atoms with Gasteiger partial charge in [0.25, 0.3) is 0 Å². The van der Waals surface area contributed by atoms with Crippen molar-refractivity contribution in [3.63, 3.8) is 0 Å². The molecule has 4 heteroatoms. The Bertz CT molecular complexity index is 302. The molecule has 0 radical (unpaired) electrons. The van der Waals surface area contributed by atoms with Crippen LogP contribution in [0.4, 0.5) is 0 Å². The highest BCUT2D eigenvalue weighted by molar-refractivity contribution is 5.71. The van der Waals surface area contributed by atoms with E-state index in [9.17, 15) is 9.59 Å². The Hall–Kier alpha value is -1.58. The van der Waals surface area contributed by atoms with Crippen LogP contribution in [0.5, 0.6) is 5.75 Å². The first kappa shape index (κ1) is 6.54. The molecular weight excluding hydrogens is 134 g/mol. The van der Waals surface area contributed by atoms with E-state index in [2.05, 4.69) is 4.98 Å². The van der Waals surface area contributed by atoms with Gasteiger partial charge in [0, 0.05) is 12.3 Å². The maximum Gasteiger partial charge on any atom is 0.223 e. The number of aromatic nitrogens is 1. The Morgan fingerprint density at radius 2 is 2.30 bits per heavy atom. The minimum Gasteiger partial charge on any atom is -0.503 e. The molecule has 2 N–H and O–H groups in total. The monoisotopic (exact) mass is 139 g/mol. The van der Waals surface area contributed by atoms with Crippen molar-refractivity contribution in [2.75, 3.05) is 0 Å². The van der Waals surface area contributed by atoms with Crippen LogP contribution in [0.3, 0.4) is 0 Å². The predicted molar refractivity (Wildman–Crippen MR) is 34.1 cm³/mol. The van der Waals surface area contributed by atoms with Gasteiger partial charge in [0.2, 0.25) is 5.43 Å². The molecule has 0 unspecified atom stereocenters. The standard InChI is InChI=1S/C6H5NO3/c8-3-4-1-5(9)6(10)2-7-4/h1-3,10H,(H,7,9). The highest BCUT2D eigenvalue weighted by atomic mass is 16.3. The summed E-state index contributed by atoms with van der Waals surface area (Å²) in [6, 6.07) is 1.03. The molecule has 0 saturated heterocycles. The third-order valence-corrected chi connectivity index (χ3v) is 1.04. The van der Waals surface area contributed by atoms with Crippen LogP contribution < -0.4 is 5.43 Å². The third-order valence-electron chi connectivity index (χ3n) is 1.04. The minimum atomic E-state index is -0.555. The van der Waals surface area contributed by atoms with Gasteiger partial charge in [-0.2, -0.15) is 0 Å². The summed E-state index contributed by atoms with van der Waals surface area (Å²) in [5.74, 6) is -0.384. The van der Waals surface area contributed by atoms with Crippen LogP contribution in [-0.2, 0) is 0 Å². The smallest absolute Gasteiger partial charge is 0.223 e. The molecule has 0 bridgehead atoms. The van der Waals surface area contributed by atoms with Crippen molar-refractivity contribution in [3.8, 4) is 5.75 Å². The van der Waals surface area contributed by atoms with Crippen LogP contribution in [0.2, 0.25) is 0 Å². The summed E-state index contributed by atoms with van der Waals surface area (Å²) >= 11 is 0. The molecule has 0 fully saturated rings. The molecule has 0 saturated carbocycles. The number of carbonyl (C=O) groups is 1. The average molecular weight is 139 g/mol. The van der Waals surface area contributed by atoms with Crippen molar-refractivity contribution in [1.29, 1.82) is 0 Å². The van der Waals surface area contributed by atoms with Gasteiger partial charge >= 0.3 is 0 Å². The lowest BCUT2D eigenvalue weighted by Gasteiger charge is -1.89. The van der Waals surface area contributed by atoms with Gasteiger partial charge in [-0.3, -0.25) is 9.59 Å². The number of aromatic amines is 1. The molecule has 0 atom stereocenters. The highest BCUT2D eigenvalue weighted by Crippen LogP contribution is 1.95. The van der Waals surface area contributed by atoms with Gasteiger partial charge in [0.05, 0.1) is 5.69 Å². The maximum atomic E-state index is 10.6. The lowest BCUT2D eigenvalue weighted by Crippen LogP contribution is -2.01. The first-order valence-corrected chi connectivity index (χ1v) is 2.61. The molecule has 10 heavy (non-hydrogen) atoms. The summed E-state index contributed by atoms with van der Waals surface area (Å²) in [7, 11) is 0. The second-order valence-corrected chi connectivity index (χ2v) is 1.76. The first-order valence-electron chi connectivity index (χ1n) is 2.61. The molecule has 1 rings (SSSR count). The van der Waals surface area contributed by atoms with Gasteiger partial charge in [-0.25, -0.2) is 0 Å². The summed E-state index contributed by atoms with van der Waals surface area (Å²) in [4.78, 5) is 23.0. The fourth-order valence-corrected chi connectivity index (χ4v) is 0.548. The largest absolute Gasteiger partial charge is 0.503 e. The van der Waals surface area contributed by atoms with Gasteiger partial charge in [-0.05, 0) is 0 Å². The predicted octanol–water partition coefficient (Wildman–Crippen LogP) is -0.107. The fraction of sp³-hybridized carbons (Fsp3) is 0. The molecule has 0 aliphatic heterocycles. The van der Waals surface area contributed by atoms with Gasteiger partial charge in [-0.15, -0.1) is 0 Å². The number of aromatic hydroxyl groups is 1. The van der Waals surface area contributed by atoms with Crippen LogP contribution in [0, 0.1) is 0 Å². The van der Waals surface area contributed by atoms with Crippen LogP contribution in [0.15, 0.2) is 17.1 Å². The first-order chi connectivity index (χ1) is 4.74. The molecule has 1 aromatic rings. The van der Waals surface area contributed by atoms with Gasteiger partial charge in [0.1, 0.15) is 0 Å². The Morgan fingerprint density at radius 3 is 2.80 bits per heavy atom. The molecule has 0 aromatic carbocycles. The SMILES string of the molecule is O=Cc1cc(=O)c(O)c[nH]1.